The molecule has 22 heavy (non-hydrogen) atoms. The lowest BCUT2D eigenvalue weighted by atomic mass is 9.97. The molecule has 0 atom stereocenters. The number of ether oxygens (including phenoxy) is 1. The number of nitrogens with zero attached hydrogens (tertiary/aromatic N) is 1. The fourth-order valence-electron chi connectivity index (χ4n) is 2.31. The maximum Gasteiger partial charge on any atom is 0.339 e. The Kier molecular flexibility index (Phi) is 5.94. The van der Waals surface area contributed by atoms with Gasteiger partial charge in [0.1, 0.15) is 0 Å². The number of hydrogen-bond donors (Lipinski definition) is 1. The van der Waals surface area contributed by atoms with E-state index in [1.165, 1.54) is 42.9 Å². The topological polar surface area (TPSA) is 82.3 Å². The fraction of sp³-hybridized carbons (Fsp3) is 0.438. The largest absolute Gasteiger partial charge is 0.619 e. The van der Waals surface area contributed by atoms with Gasteiger partial charge in [0.2, 0.25) is 0 Å². The number of nitrogens with one attached hydrogen (secondary N) is 1. The predicted molar refractivity (Wildman–Crippen MR) is 79.9 cm³/mol. The second-order valence-electron chi connectivity index (χ2n) is 5.23. The van der Waals surface area contributed by atoms with E-state index in [4.69, 9.17) is 4.74 Å². The standard InChI is InChI=1S/C16H20N2O4/c19-15(17-9-6-13-4-2-1-3-5-13)12-22-16(20)14-7-10-18(21)11-8-14/h4,7-8,10-11H,1-3,5-6,9,12H2,(H,17,19). The van der Waals surface area contributed by atoms with E-state index in [0.717, 1.165) is 19.3 Å². The molecular weight excluding hydrogens is 284 g/mol. The number of allylic oxidation sites excluding steroid dienone is 1. The molecule has 1 aliphatic carbocycles. The molecule has 1 aliphatic rings. The van der Waals surface area contributed by atoms with Gasteiger partial charge >= 0.3 is 5.97 Å². The third-order valence-electron chi connectivity index (χ3n) is 3.53. The zero-order valence-corrected chi connectivity index (χ0v) is 12.4. The molecule has 118 valence electrons. The van der Waals surface area contributed by atoms with Crippen molar-refractivity contribution in [1.29, 1.82) is 0 Å². The molecule has 0 spiro atoms. The summed E-state index contributed by atoms with van der Waals surface area (Å²) in [6, 6.07) is 2.70. The molecule has 0 aliphatic heterocycles. The monoisotopic (exact) mass is 304 g/mol. The first-order chi connectivity index (χ1) is 10.6. The van der Waals surface area contributed by atoms with Gasteiger partial charge in [-0.3, -0.25) is 4.79 Å². The van der Waals surface area contributed by atoms with Gasteiger partial charge in [0.05, 0.1) is 5.56 Å². The third-order valence-corrected chi connectivity index (χ3v) is 3.53. The van der Waals surface area contributed by atoms with Gasteiger partial charge < -0.3 is 15.3 Å². The highest BCUT2D eigenvalue weighted by Crippen LogP contribution is 2.19. The van der Waals surface area contributed by atoms with E-state index in [1.807, 2.05) is 0 Å². The normalized spacial score (nSPS) is 14.1. The first-order valence-electron chi connectivity index (χ1n) is 7.46. The Hall–Kier alpha value is -2.37. The van der Waals surface area contributed by atoms with Crippen LogP contribution in [0, 0.1) is 5.21 Å². The Bertz CT molecular complexity index is 552. The summed E-state index contributed by atoms with van der Waals surface area (Å²) in [7, 11) is 0. The van der Waals surface area contributed by atoms with Crippen LogP contribution in [0.1, 0.15) is 42.5 Å². The van der Waals surface area contributed by atoms with Crippen molar-refractivity contribution >= 4 is 11.9 Å². The van der Waals surface area contributed by atoms with Crippen molar-refractivity contribution in [2.45, 2.75) is 32.1 Å². The van der Waals surface area contributed by atoms with Crippen LogP contribution in [-0.4, -0.2) is 25.0 Å². The molecule has 1 aromatic rings. The van der Waals surface area contributed by atoms with E-state index in [9.17, 15) is 14.8 Å². The molecule has 1 N–H and O–H groups in total. The quantitative estimate of drug-likeness (QED) is 0.373. The van der Waals surface area contributed by atoms with Crippen LogP contribution in [0.2, 0.25) is 0 Å². The van der Waals surface area contributed by atoms with Crippen molar-refractivity contribution in [3.63, 3.8) is 0 Å². The molecule has 1 heterocycles. The number of aromatic nitrogens is 1. The van der Waals surface area contributed by atoms with E-state index in [2.05, 4.69) is 11.4 Å². The molecule has 1 amide bonds. The van der Waals surface area contributed by atoms with Crippen LogP contribution < -0.4 is 10.0 Å². The number of pyridine rings is 1. The summed E-state index contributed by atoms with van der Waals surface area (Å²) in [4.78, 5) is 23.3. The van der Waals surface area contributed by atoms with E-state index in [-0.39, 0.29) is 18.1 Å². The van der Waals surface area contributed by atoms with Gasteiger partial charge in [-0.05, 0) is 32.1 Å². The van der Waals surface area contributed by atoms with Crippen LogP contribution in [0.4, 0.5) is 0 Å². The zero-order chi connectivity index (χ0) is 15.8. The first kappa shape index (κ1) is 16.0. The van der Waals surface area contributed by atoms with Crippen LogP contribution >= 0.6 is 0 Å². The van der Waals surface area contributed by atoms with Crippen molar-refractivity contribution in [2.24, 2.45) is 0 Å². The summed E-state index contributed by atoms with van der Waals surface area (Å²) in [6.45, 7) is 0.244. The van der Waals surface area contributed by atoms with Gasteiger partial charge in [-0.2, -0.15) is 4.73 Å². The molecule has 0 bridgehead atoms. The Balaban J connectivity index is 1.65. The lowest BCUT2D eigenvalue weighted by molar-refractivity contribution is -0.605. The number of rotatable bonds is 6. The highest BCUT2D eigenvalue weighted by atomic mass is 16.5. The number of esters is 1. The maximum absolute atomic E-state index is 11.7. The smallest absolute Gasteiger partial charge is 0.339 e. The molecule has 0 saturated heterocycles. The third kappa shape index (κ3) is 5.20. The number of hydrogen-bond acceptors (Lipinski definition) is 4. The second kappa shape index (κ2) is 8.17. The van der Waals surface area contributed by atoms with Crippen LogP contribution in [0.15, 0.2) is 36.2 Å². The van der Waals surface area contributed by atoms with Crippen molar-refractivity contribution < 1.29 is 19.1 Å². The minimum absolute atomic E-state index is 0.243. The maximum atomic E-state index is 11.7. The van der Waals surface area contributed by atoms with Crippen molar-refractivity contribution in [3.8, 4) is 0 Å². The first-order valence-corrected chi connectivity index (χ1v) is 7.46. The van der Waals surface area contributed by atoms with E-state index in [0.29, 0.717) is 11.3 Å². The molecule has 0 unspecified atom stereocenters. The fourth-order valence-corrected chi connectivity index (χ4v) is 2.31. The summed E-state index contributed by atoms with van der Waals surface area (Å²) in [5, 5.41) is 13.6. The highest BCUT2D eigenvalue weighted by molar-refractivity contribution is 5.91. The van der Waals surface area contributed by atoms with Crippen LogP contribution in [0.5, 0.6) is 0 Å². The van der Waals surface area contributed by atoms with Gasteiger partial charge in [0, 0.05) is 18.7 Å². The number of carbonyl (C=O) groups is 2. The molecule has 6 nitrogen and oxygen atoms in total. The van der Waals surface area contributed by atoms with Crippen LogP contribution in [-0.2, 0) is 9.53 Å². The SMILES string of the molecule is O=C(COC(=O)c1cc[n+]([O-])cc1)NCCC1=CCCCC1. The molecule has 1 aromatic heterocycles. The van der Waals surface area contributed by atoms with E-state index < -0.39 is 5.97 Å². The molecule has 2 rings (SSSR count). The van der Waals surface area contributed by atoms with Crippen molar-refractivity contribution in [3.05, 3.63) is 46.9 Å². The zero-order valence-electron chi connectivity index (χ0n) is 12.4. The minimum Gasteiger partial charge on any atom is -0.619 e. The Morgan fingerprint density at radius 1 is 1.27 bits per heavy atom. The van der Waals surface area contributed by atoms with Gasteiger partial charge in [-0.25, -0.2) is 4.79 Å². The minimum atomic E-state index is -0.620. The van der Waals surface area contributed by atoms with Crippen LogP contribution in [0.3, 0.4) is 0 Å². The molecular formula is C16H20N2O4. The highest BCUT2D eigenvalue weighted by Gasteiger charge is 2.11. The van der Waals surface area contributed by atoms with Crippen LogP contribution in [0.25, 0.3) is 0 Å². The summed E-state index contributed by atoms with van der Waals surface area (Å²) in [6.07, 6.45) is 10.2. The van der Waals surface area contributed by atoms with Crippen molar-refractivity contribution in [1.82, 2.24) is 5.32 Å². The Morgan fingerprint density at radius 2 is 2.05 bits per heavy atom. The van der Waals surface area contributed by atoms with Gasteiger partial charge in [0.25, 0.3) is 5.91 Å². The predicted octanol–water partition coefficient (Wildman–Crippen LogP) is 1.48. The molecule has 0 saturated carbocycles. The summed E-state index contributed by atoms with van der Waals surface area (Å²) < 4.78 is 5.47. The van der Waals surface area contributed by atoms with Crippen molar-refractivity contribution in [2.75, 3.05) is 13.2 Å². The molecule has 6 heteroatoms. The lowest BCUT2D eigenvalue weighted by Gasteiger charge is -2.13. The van der Waals surface area contributed by atoms with E-state index >= 15 is 0 Å². The second-order valence-corrected chi connectivity index (χ2v) is 5.23. The van der Waals surface area contributed by atoms with E-state index in [1.54, 1.807) is 0 Å². The lowest BCUT2D eigenvalue weighted by Crippen LogP contribution is -2.30. The summed E-state index contributed by atoms with van der Waals surface area (Å²) in [5.41, 5.74) is 1.63. The average molecular weight is 304 g/mol. The number of amides is 1. The molecule has 0 radical (unpaired) electrons. The Labute approximate surface area is 129 Å². The molecule has 0 fully saturated rings. The Morgan fingerprint density at radius 3 is 2.73 bits per heavy atom. The average Bonchev–Trinajstić information content (AvgIpc) is 2.54. The van der Waals surface area contributed by atoms with Gasteiger partial charge in [-0.1, -0.05) is 11.6 Å². The number of carbonyl (C=O) groups excluding carboxylic acids is 2. The van der Waals surface area contributed by atoms with Gasteiger partial charge in [0.15, 0.2) is 19.0 Å². The summed E-state index contributed by atoms with van der Waals surface area (Å²) >= 11 is 0. The van der Waals surface area contributed by atoms with Gasteiger partial charge in [-0.15, -0.1) is 0 Å². The molecule has 0 aromatic carbocycles. The summed E-state index contributed by atoms with van der Waals surface area (Å²) in [5.74, 6) is -0.940.